The Labute approximate surface area is 134 Å². The van der Waals surface area contributed by atoms with Gasteiger partial charge in [-0.15, -0.1) is 0 Å². The number of nitrogens with one attached hydrogen (secondary N) is 1. The second-order valence-corrected chi connectivity index (χ2v) is 6.28. The van der Waals surface area contributed by atoms with Crippen molar-refractivity contribution in [1.82, 2.24) is 14.9 Å². The molecule has 0 spiro atoms. The van der Waals surface area contributed by atoms with E-state index >= 15 is 0 Å². The third kappa shape index (κ3) is 4.61. The number of benzene rings is 1. The van der Waals surface area contributed by atoms with E-state index in [1.807, 2.05) is 6.92 Å². The Hall–Kier alpha value is -2.24. The second-order valence-electron chi connectivity index (χ2n) is 6.28. The number of nitrogens with zero attached hydrogens (tertiary/aromatic N) is 2. The zero-order chi connectivity index (χ0) is 17.0. The molecule has 1 unspecified atom stereocenters. The van der Waals surface area contributed by atoms with E-state index in [4.69, 9.17) is 0 Å². The maximum Gasteiger partial charge on any atom is 0.261 e. The molecule has 6 heteroatoms. The molecule has 0 fully saturated rings. The lowest BCUT2D eigenvalue weighted by molar-refractivity contribution is -0.122. The summed E-state index contributed by atoms with van der Waals surface area (Å²) in [6.07, 6.45) is 3.21. The van der Waals surface area contributed by atoms with Crippen molar-refractivity contribution < 1.29 is 9.18 Å². The Morgan fingerprint density at radius 2 is 2.04 bits per heavy atom. The summed E-state index contributed by atoms with van der Waals surface area (Å²) in [5.74, 6) is -0.0902. The highest BCUT2D eigenvalue weighted by Crippen LogP contribution is 2.09. The second kappa shape index (κ2) is 7.35. The topological polar surface area (TPSA) is 64.0 Å². The monoisotopic (exact) mass is 319 g/mol. The molecule has 0 saturated heterocycles. The van der Waals surface area contributed by atoms with Crippen LogP contribution in [-0.2, 0) is 11.3 Å². The molecule has 2 rings (SSSR count). The van der Waals surface area contributed by atoms with Gasteiger partial charge < -0.3 is 5.32 Å². The van der Waals surface area contributed by atoms with Gasteiger partial charge >= 0.3 is 0 Å². The Kier molecular flexibility index (Phi) is 5.47. The van der Waals surface area contributed by atoms with Crippen molar-refractivity contribution >= 4 is 16.8 Å². The van der Waals surface area contributed by atoms with Crippen molar-refractivity contribution in [1.29, 1.82) is 0 Å². The van der Waals surface area contributed by atoms with Gasteiger partial charge in [0.2, 0.25) is 5.91 Å². The first-order chi connectivity index (χ1) is 10.9. The molecule has 0 aliphatic rings. The van der Waals surface area contributed by atoms with Gasteiger partial charge in [-0.05, 0) is 37.8 Å². The van der Waals surface area contributed by atoms with Gasteiger partial charge in [-0.1, -0.05) is 13.8 Å². The average molecular weight is 319 g/mol. The van der Waals surface area contributed by atoms with Crippen LogP contribution in [0, 0.1) is 11.7 Å². The summed E-state index contributed by atoms with van der Waals surface area (Å²) in [5, 5.41) is 3.18. The van der Waals surface area contributed by atoms with Crippen LogP contribution in [0.25, 0.3) is 10.9 Å². The highest BCUT2D eigenvalue weighted by atomic mass is 19.1. The summed E-state index contributed by atoms with van der Waals surface area (Å²) in [7, 11) is 0. The van der Waals surface area contributed by atoms with E-state index in [0.717, 1.165) is 12.8 Å². The molecule has 1 aromatic carbocycles. The molecule has 1 atom stereocenters. The fraction of sp³-hybridized carbons (Fsp3) is 0.471. The summed E-state index contributed by atoms with van der Waals surface area (Å²) in [4.78, 5) is 28.4. The highest BCUT2D eigenvalue weighted by molar-refractivity contribution is 5.79. The zero-order valence-electron chi connectivity index (χ0n) is 13.7. The summed E-state index contributed by atoms with van der Waals surface area (Å²) >= 11 is 0. The van der Waals surface area contributed by atoms with Crippen LogP contribution < -0.4 is 10.9 Å². The molecule has 0 aliphatic carbocycles. The van der Waals surface area contributed by atoms with Gasteiger partial charge in [-0.2, -0.15) is 0 Å². The number of aromatic nitrogens is 2. The molecule has 1 aromatic heterocycles. The molecular formula is C17H22FN3O2. The van der Waals surface area contributed by atoms with Crippen LogP contribution in [0.3, 0.4) is 0 Å². The van der Waals surface area contributed by atoms with E-state index < -0.39 is 5.82 Å². The summed E-state index contributed by atoms with van der Waals surface area (Å²) in [6.45, 7) is 6.13. The average Bonchev–Trinajstić information content (AvgIpc) is 2.48. The molecule has 0 radical (unpaired) electrons. The number of carbonyl (C=O) groups excluding carboxylic acids is 1. The first-order valence-electron chi connectivity index (χ1n) is 7.81. The number of hydrogen-bond donors (Lipinski definition) is 1. The van der Waals surface area contributed by atoms with Crippen LogP contribution >= 0.6 is 0 Å². The van der Waals surface area contributed by atoms with Crippen molar-refractivity contribution in [2.24, 2.45) is 5.92 Å². The minimum Gasteiger partial charge on any atom is -0.352 e. The Morgan fingerprint density at radius 3 is 2.74 bits per heavy atom. The lowest BCUT2D eigenvalue weighted by Gasteiger charge is -2.15. The fourth-order valence-electron chi connectivity index (χ4n) is 2.37. The lowest BCUT2D eigenvalue weighted by atomic mass is 10.0. The molecule has 0 aliphatic heterocycles. The van der Waals surface area contributed by atoms with Crippen LogP contribution in [0.4, 0.5) is 4.39 Å². The van der Waals surface area contributed by atoms with Crippen molar-refractivity contribution in [3.63, 3.8) is 0 Å². The molecule has 5 nitrogen and oxygen atoms in total. The van der Waals surface area contributed by atoms with Gasteiger partial charge in [0.25, 0.3) is 5.56 Å². The van der Waals surface area contributed by atoms with Crippen molar-refractivity contribution in [2.75, 3.05) is 0 Å². The van der Waals surface area contributed by atoms with E-state index in [1.165, 1.54) is 29.1 Å². The fourth-order valence-corrected chi connectivity index (χ4v) is 2.37. The quantitative estimate of drug-likeness (QED) is 0.889. The standard InChI is InChI=1S/C17H22FN3O2/c1-11(2)4-5-12(3)20-16(22)9-21-10-19-15-8-13(18)6-7-14(15)17(21)23/h6-8,10-12H,4-5,9H2,1-3H3,(H,20,22). The van der Waals surface area contributed by atoms with Crippen LogP contribution in [0.1, 0.15) is 33.6 Å². The maximum atomic E-state index is 13.1. The van der Waals surface area contributed by atoms with E-state index in [0.29, 0.717) is 11.3 Å². The van der Waals surface area contributed by atoms with Crippen LogP contribution in [-0.4, -0.2) is 21.5 Å². The number of amides is 1. The molecule has 2 aromatic rings. The van der Waals surface area contributed by atoms with Gasteiger partial charge in [0.15, 0.2) is 0 Å². The molecule has 0 saturated carbocycles. The normalized spacial score (nSPS) is 12.6. The van der Waals surface area contributed by atoms with Gasteiger partial charge in [0.05, 0.1) is 17.2 Å². The van der Waals surface area contributed by atoms with E-state index in [9.17, 15) is 14.0 Å². The van der Waals surface area contributed by atoms with Gasteiger partial charge in [-0.25, -0.2) is 9.37 Å². The van der Waals surface area contributed by atoms with E-state index in [2.05, 4.69) is 24.1 Å². The summed E-state index contributed by atoms with van der Waals surface area (Å²) < 4.78 is 14.4. The van der Waals surface area contributed by atoms with Gasteiger partial charge in [0, 0.05) is 12.1 Å². The first kappa shape index (κ1) is 17.1. The molecule has 1 heterocycles. The third-order valence-corrected chi connectivity index (χ3v) is 3.69. The zero-order valence-corrected chi connectivity index (χ0v) is 13.7. The lowest BCUT2D eigenvalue weighted by Crippen LogP contribution is -2.37. The molecule has 1 amide bonds. The van der Waals surface area contributed by atoms with Crippen molar-refractivity contribution in [2.45, 2.75) is 46.2 Å². The SMILES string of the molecule is CC(C)CCC(C)NC(=O)Cn1cnc2cc(F)ccc2c1=O. The van der Waals surface area contributed by atoms with E-state index in [1.54, 1.807) is 0 Å². The number of rotatable bonds is 6. The maximum absolute atomic E-state index is 13.1. The number of carbonyl (C=O) groups is 1. The summed E-state index contributed by atoms with van der Waals surface area (Å²) in [5.41, 5.74) is -0.0584. The minimum atomic E-state index is -0.445. The Balaban J connectivity index is 2.07. The highest BCUT2D eigenvalue weighted by Gasteiger charge is 2.11. The van der Waals surface area contributed by atoms with Crippen molar-refractivity contribution in [3.8, 4) is 0 Å². The smallest absolute Gasteiger partial charge is 0.261 e. The molecule has 1 N–H and O–H groups in total. The Morgan fingerprint density at radius 1 is 1.30 bits per heavy atom. The van der Waals surface area contributed by atoms with Crippen molar-refractivity contribution in [3.05, 3.63) is 40.7 Å². The number of fused-ring (bicyclic) bond motifs is 1. The molecular weight excluding hydrogens is 297 g/mol. The van der Waals surface area contributed by atoms with Crippen LogP contribution in [0.2, 0.25) is 0 Å². The number of hydrogen-bond acceptors (Lipinski definition) is 3. The molecule has 23 heavy (non-hydrogen) atoms. The predicted molar refractivity (Wildman–Crippen MR) is 87.6 cm³/mol. The van der Waals surface area contributed by atoms with Gasteiger partial charge in [0.1, 0.15) is 12.4 Å². The van der Waals surface area contributed by atoms with Crippen LogP contribution in [0.15, 0.2) is 29.3 Å². The largest absolute Gasteiger partial charge is 0.352 e. The summed E-state index contributed by atoms with van der Waals surface area (Å²) in [6, 6.07) is 3.86. The Bertz CT molecular complexity index is 755. The predicted octanol–water partition coefficient (Wildman–Crippen LogP) is 2.48. The third-order valence-electron chi connectivity index (χ3n) is 3.69. The molecule has 0 bridgehead atoms. The minimum absolute atomic E-state index is 0.0584. The first-order valence-corrected chi connectivity index (χ1v) is 7.81. The number of halogens is 1. The van der Waals surface area contributed by atoms with Gasteiger partial charge in [-0.3, -0.25) is 14.2 Å². The molecule has 124 valence electrons. The van der Waals surface area contributed by atoms with E-state index in [-0.39, 0.29) is 29.6 Å². The van der Waals surface area contributed by atoms with Crippen LogP contribution in [0.5, 0.6) is 0 Å².